The topological polar surface area (TPSA) is 98.2 Å². The summed E-state index contributed by atoms with van der Waals surface area (Å²) in [4.78, 5) is 23.9. The summed E-state index contributed by atoms with van der Waals surface area (Å²) < 4.78 is 0.940. The molecule has 0 bridgehead atoms. The van der Waals surface area contributed by atoms with Crippen LogP contribution in [-0.2, 0) is 4.79 Å². The fraction of sp³-hybridized carbons (Fsp3) is 0.286. The van der Waals surface area contributed by atoms with Crippen molar-refractivity contribution in [1.29, 1.82) is 0 Å². The maximum atomic E-state index is 12.3. The molecule has 5 N–H and O–H groups in total. The number of benzene rings is 1. The van der Waals surface area contributed by atoms with Crippen LogP contribution in [0.3, 0.4) is 0 Å². The molecule has 0 spiro atoms. The minimum Gasteiger partial charge on any atom is -0.397 e. The van der Waals surface area contributed by atoms with Crippen molar-refractivity contribution in [3.63, 3.8) is 0 Å². The maximum absolute atomic E-state index is 12.3. The average molecular weight is 291 g/mol. The highest BCUT2D eigenvalue weighted by atomic mass is 32.1. The molecule has 6 heteroatoms. The van der Waals surface area contributed by atoms with E-state index in [2.05, 4.69) is 5.32 Å². The summed E-state index contributed by atoms with van der Waals surface area (Å²) in [7, 11) is 0. The molecule has 0 aliphatic carbocycles. The summed E-state index contributed by atoms with van der Waals surface area (Å²) in [6.45, 7) is 5.08. The smallest absolute Gasteiger partial charge is 0.264 e. The number of fused-ring (bicyclic) bond motifs is 1. The number of hydrogen-bond acceptors (Lipinski definition) is 4. The number of hydrogen-bond donors (Lipinski definition) is 3. The average Bonchev–Trinajstić information content (AvgIpc) is 2.66. The number of carbonyl (C=O) groups excluding carboxylic acids is 2. The van der Waals surface area contributed by atoms with Crippen LogP contribution < -0.4 is 16.8 Å². The number of nitrogens with two attached hydrogens (primary N) is 2. The normalized spacial score (nSPS) is 11.6. The molecule has 2 amide bonds. The highest BCUT2D eigenvalue weighted by molar-refractivity contribution is 7.21. The number of amides is 2. The molecule has 0 aliphatic rings. The van der Waals surface area contributed by atoms with Gasteiger partial charge in [-0.1, -0.05) is 11.6 Å². The number of carbonyl (C=O) groups is 2. The molecule has 0 fully saturated rings. The highest BCUT2D eigenvalue weighted by Crippen LogP contribution is 2.34. The Morgan fingerprint density at radius 3 is 2.55 bits per heavy atom. The predicted octanol–water partition coefficient (Wildman–Crippen LogP) is 1.79. The zero-order valence-electron chi connectivity index (χ0n) is 11.6. The molecule has 0 unspecified atom stereocenters. The third-order valence-electron chi connectivity index (χ3n) is 3.13. The summed E-state index contributed by atoms with van der Waals surface area (Å²) in [5.74, 6) is -0.980. The molecule has 2 rings (SSSR count). The van der Waals surface area contributed by atoms with Gasteiger partial charge >= 0.3 is 0 Å². The highest BCUT2D eigenvalue weighted by Gasteiger charge is 2.29. The first-order valence-corrected chi connectivity index (χ1v) is 6.95. The summed E-state index contributed by atoms with van der Waals surface area (Å²) in [5, 5.41) is 3.46. The second-order valence-electron chi connectivity index (χ2n) is 5.29. The monoisotopic (exact) mass is 291 g/mol. The van der Waals surface area contributed by atoms with E-state index in [9.17, 15) is 9.59 Å². The van der Waals surface area contributed by atoms with E-state index in [1.807, 2.05) is 25.1 Å². The first kappa shape index (κ1) is 14.3. The number of anilines is 1. The van der Waals surface area contributed by atoms with Crippen molar-refractivity contribution in [1.82, 2.24) is 5.32 Å². The van der Waals surface area contributed by atoms with E-state index < -0.39 is 11.4 Å². The summed E-state index contributed by atoms with van der Waals surface area (Å²) in [6.07, 6.45) is 0. The van der Waals surface area contributed by atoms with Crippen LogP contribution in [0.5, 0.6) is 0 Å². The van der Waals surface area contributed by atoms with E-state index in [0.717, 1.165) is 15.6 Å². The lowest BCUT2D eigenvalue weighted by Gasteiger charge is -2.21. The van der Waals surface area contributed by atoms with E-state index in [-0.39, 0.29) is 5.91 Å². The summed E-state index contributed by atoms with van der Waals surface area (Å²) >= 11 is 1.30. The van der Waals surface area contributed by atoms with Gasteiger partial charge < -0.3 is 16.8 Å². The minimum absolute atomic E-state index is 0.384. The largest absolute Gasteiger partial charge is 0.397 e. The van der Waals surface area contributed by atoms with Gasteiger partial charge in [-0.3, -0.25) is 9.59 Å². The zero-order chi connectivity index (χ0) is 15.1. The minimum atomic E-state index is -1.12. The van der Waals surface area contributed by atoms with Crippen LogP contribution >= 0.6 is 11.3 Å². The Labute approximate surface area is 120 Å². The summed E-state index contributed by atoms with van der Waals surface area (Å²) in [6, 6.07) is 5.84. The molecule has 0 radical (unpaired) electrons. The Balaban J connectivity index is 2.41. The van der Waals surface area contributed by atoms with Crippen molar-refractivity contribution in [3.8, 4) is 0 Å². The van der Waals surface area contributed by atoms with Crippen LogP contribution in [0.25, 0.3) is 10.1 Å². The number of thiophene rings is 1. The molecule has 0 saturated carbocycles. The van der Waals surface area contributed by atoms with Crippen LogP contribution in [0.1, 0.15) is 29.1 Å². The van der Waals surface area contributed by atoms with Crippen LogP contribution in [0.4, 0.5) is 5.69 Å². The van der Waals surface area contributed by atoms with Gasteiger partial charge in [0.05, 0.1) is 5.69 Å². The first-order chi connectivity index (χ1) is 9.22. The van der Waals surface area contributed by atoms with E-state index in [0.29, 0.717) is 10.6 Å². The number of nitrogen functional groups attached to an aromatic ring is 1. The third-order valence-corrected chi connectivity index (χ3v) is 4.32. The van der Waals surface area contributed by atoms with Crippen LogP contribution in [0.2, 0.25) is 0 Å². The van der Waals surface area contributed by atoms with Gasteiger partial charge in [-0.2, -0.15) is 0 Å². The number of nitrogens with one attached hydrogen (secondary N) is 1. The van der Waals surface area contributed by atoms with Gasteiger partial charge in [-0.25, -0.2) is 0 Å². The van der Waals surface area contributed by atoms with Gasteiger partial charge in [-0.05, 0) is 32.9 Å². The van der Waals surface area contributed by atoms with E-state index >= 15 is 0 Å². The molecule has 106 valence electrons. The first-order valence-electron chi connectivity index (χ1n) is 6.13. The van der Waals surface area contributed by atoms with Gasteiger partial charge in [0.2, 0.25) is 5.91 Å². The Kier molecular flexibility index (Phi) is 3.43. The SMILES string of the molecule is Cc1ccc2sc(C(=O)NC(C)(C)C(N)=O)c(N)c2c1. The standard InChI is InChI=1S/C14H17N3O2S/c1-7-4-5-9-8(6-7)10(15)11(20-9)12(18)17-14(2,3)13(16)19/h4-6H,15H2,1-3H3,(H2,16,19)(H,17,18). The van der Waals surface area contributed by atoms with Gasteiger partial charge in [0.15, 0.2) is 0 Å². The van der Waals surface area contributed by atoms with Crippen LogP contribution in [-0.4, -0.2) is 17.4 Å². The maximum Gasteiger partial charge on any atom is 0.264 e. The van der Waals surface area contributed by atoms with E-state index in [4.69, 9.17) is 11.5 Å². The van der Waals surface area contributed by atoms with Crippen LogP contribution in [0, 0.1) is 6.92 Å². The molecule has 0 atom stereocenters. The predicted molar refractivity (Wildman–Crippen MR) is 81.7 cm³/mol. The lowest BCUT2D eigenvalue weighted by molar-refractivity contribution is -0.122. The quantitative estimate of drug-likeness (QED) is 0.804. The van der Waals surface area contributed by atoms with Crippen LogP contribution in [0.15, 0.2) is 18.2 Å². The second-order valence-corrected chi connectivity index (χ2v) is 6.34. The Morgan fingerprint density at radius 1 is 1.30 bits per heavy atom. The fourth-order valence-electron chi connectivity index (χ4n) is 1.80. The fourth-order valence-corrected chi connectivity index (χ4v) is 2.80. The Morgan fingerprint density at radius 2 is 1.95 bits per heavy atom. The van der Waals surface area contributed by atoms with Gasteiger partial charge in [0.1, 0.15) is 10.4 Å². The summed E-state index contributed by atoms with van der Waals surface area (Å²) in [5.41, 5.74) is 11.7. The molecule has 1 aromatic heterocycles. The number of rotatable bonds is 3. The molecule has 0 saturated heterocycles. The lowest BCUT2D eigenvalue weighted by Crippen LogP contribution is -2.52. The second kappa shape index (κ2) is 4.79. The van der Waals surface area contributed by atoms with Crippen molar-refractivity contribution >= 4 is 38.9 Å². The van der Waals surface area contributed by atoms with Gasteiger partial charge in [0, 0.05) is 10.1 Å². The zero-order valence-corrected chi connectivity index (χ0v) is 12.4. The molecule has 2 aromatic rings. The molecule has 20 heavy (non-hydrogen) atoms. The Hall–Kier alpha value is -2.08. The van der Waals surface area contributed by atoms with Crippen molar-refractivity contribution in [2.24, 2.45) is 5.73 Å². The van der Waals surface area contributed by atoms with Crippen molar-refractivity contribution < 1.29 is 9.59 Å². The molecule has 5 nitrogen and oxygen atoms in total. The number of primary amides is 1. The molecule has 1 heterocycles. The van der Waals surface area contributed by atoms with Gasteiger partial charge in [0.25, 0.3) is 5.91 Å². The molecule has 0 aliphatic heterocycles. The molecular formula is C14H17N3O2S. The Bertz CT molecular complexity index is 704. The third kappa shape index (κ3) is 2.46. The van der Waals surface area contributed by atoms with E-state index in [1.54, 1.807) is 13.8 Å². The molecular weight excluding hydrogens is 274 g/mol. The van der Waals surface area contributed by atoms with Crippen molar-refractivity contribution in [2.45, 2.75) is 26.3 Å². The van der Waals surface area contributed by atoms with Gasteiger partial charge in [-0.15, -0.1) is 11.3 Å². The molecule has 1 aromatic carbocycles. The number of aryl methyl sites for hydroxylation is 1. The van der Waals surface area contributed by atoms with E-state index in [1.165, 1.54) is 11.3 Å². The van der Waals surface area contributed by atoms with Crippen molar-refractivity contribution in [2.75, 3.05) is 5.73 Å². The lowest BCUT2D eigenvalue weighted by atomic mass is 10.0. The van der Waals surface area contributed by atoms with Crippen molar-refractivity contribution in [3.05, 3.63) is 28.6 Å².